The van der Waals surface area contributed by atoms with Crippen molar-refractivity contribution < 1.29 is 19.0 Å². The monoisotopic (exact) mass is 331 g/mol. The van der Waals surface area contributed by atoms with Crippen LogP contribution in [0.1, 0.15) is 15.9 Å². The van der Waals surface area contributed by atoms with E-state index in [1.807, 2.05) is 0 Å². The van der Waals surface area contributed by atoms with Gasteiger partial charge in [0.05, 0.1) is 37.7 Å². The molecule has 0 radical (unpaired) electrons. The molecule has 0 aliphatic carbocycles. The molecule has 1 amide bonds. The molecule has 1 fully saturated rings. The van der Waals surface area contributed by atoms with Crippen molar-refractivity contribution in [2.45, 2.75) is 12.0 Å². The van der Waals surface area contributed by atoms with Crippen LogP contribution >= 0.6 is 0 Å². The summed E-state index contributed by atoms with van der Waals surface area (Å²) < 4.78 is 18.9. The molecular formula is C17H18FN3O3. The maximum absolute atomic E-state index is 13.1. The molecule has 1 N–H and O–H groups in total. The maximum atomic E-state index is 13.1. The minimum absolute atomic E-state index is 0.176. The molecular weight excluding hydrogens is 313 g/mol. The van der Waals surface area contributed by atoms with E-state index in [9.17, 15) is 14.3 Å². The highest BCUT2D eigenvalue weighted by molar-refractivity contribution is 5.93. The summed E-state index contributed by atoms with van der Waals surface area (Å²) in [5.41, 5.74) is 0.387. The Morgan fingerprint density at radius 2 is 2.08 bits per heavy atom. The van der Waals surface area contributed by atoms with Crippen LogP contribution in [0.15, 0.2) is 42.7 Å². The number of benzene rings is 1. The second-order valence-electron chi connectivity index (χ2n) is 5.85. The van der Waals surface area contributed by atoms with Gasteiger partial charge in [0.25, 0.3) is 5.91 Å². The third-order valence-electron chi connectivity index (χ3n) is 4.09. The van der Waals surface area contributed by atoms with E-state index in [0.29, 0.717) is 25.1 Å². The second-order valence-corrected chi connectivity index (χ2v) is 5.85. The quantitative estimate of drug-likeness (QED) is 0.907. The van der Waals surface area contributed by atoms with Crippen molar-refractivity contribution in [3.05, 3.63) is 59.7 Å². The molecule has 1 aliphatic heterocycles. The number of hydrogen-bond acceptors (Lipinski definition) is 5. The van der Waals surface area contributed by atoms with Crippen molar-refractivity contribution in [1.82, 2.24) is 15.1 Å². The van der Waals surface area contributed by atoms with Crippen LogP contribution < -0.4 is 0 Å². The average Bonchev–Trinajstić information content (AvgIpc) is 2.64. The third-order valence-corrected chi connectivity index (χ3v) is 4.09. The van der Waals surface area contributed by atoms with Gasteiger partial charge < -0.3 is 14.7 Å². The molecule has 6 nitrogen and oxygen atoms in total. The van der Waals surface area contributed by atoms with Gasteiger partial charge in [0, 0.05) is 13.0 Å². The highest BCUT2D eigenvalue weighted by Crippen LogP contribution is 2.24. The second kappa shape index (κ2) is 7.02. The lowest BCUT2D eigenvalue weighted by molar-refractivity contribution is -0.123. The molecule has 1 atom stereocenters. The number of nitrogens with zero attached hydrogens (tertiary/aromatic N) is 3. The zero-order valence-corrected chi connectivity index (χ0v) is 13.1. The third kappa shape index (κ3) is 3.58. The molecule has 7 heteroatoms. The normalized spacial score (nSPS) is 20.8. The molecule has 24 heavy (non-hydrogen) atoms. The number of ether oxygens (including phenoxy) is 1. The number of halogens is 1. The van der Waals surface area contributed by atoms with E-state index in [1.54, 1.807) is 23.1 Å². The Labute approximate surface area is 138 Å². The first kappa shape index (κ1) is 16.5. The molecule has 1 aromatic carbocycles. The van der Waals surface area contributed by atoms with Gasteiger partial charge in [-0.25, -0.2) is 4.39 Å². The number of aliphatic hydroxyl groups is 1. The predicted octanol–water partition coefficient (Wildman–Crippen LogP) is 1.06. The van der Waals surface area contributed by atoms with E-state index in [2.05, 4.69) is 10.2 Å². The smallest absolute Gasteiger partial charge is 0.255 e. The summed E-state index contributed by atoms with van der Waals surface area (Å²) >= 11 is 0. The average molecular weight is 331 g/mol. The summed E-state index contributed by atoms with van der Waals surface area (Å²) in [6.07, 6.45) is 3.27. The highest BCUT2D eigenvalue weighted by atomic mass is 19.1. The van der Waals surface area contributed by atoms with Crippen LogP contribution in [-0.2, 0) is 11.2 Å². The first-order valence-electron chi connectivity index (χ1n) is 7.67. The van der Waals surface area contributed by atoms with Crippen molar-refractivity contribution in [3.8, 4) is 0 Å². The summed E-state index contributed by atoms with van der Waals surface area (Å²) in [5, 5.41) is 17.3. The van der Waals surface area contributed by atoms with Gasteiger partial charge in [-0.15, -0.1) is 0 Å². The van der Waals surface area contributed by atoms with Crippen molar-refractivity contribution in [2.24, 2.45) is 0 Å². The van der Waals surface area contributed by atoms with Crippen molar-refractivity contribution in [3.63, 3.8) is 0 Å². The number of aromatic nitrogens is 2. The lowest BCUT2D eigenvalue weighted by Gasteiger charge is -2.42. The molecule has 1 aliphatic rings. The first-order chi connectivity index (χ1) is 11.6. The summed E-state index contributed by atoms with van der Waals surface area (Å²) in [7, 11) is 0. The Morgan fingerprint density at radius 3 is 2.75 bits per heavy atom. The Hall–Kier alpha value is -2.38. The fraction of sp³-hybridized carbons (Fsp3) is 0.353. The SMILES string of the molecule is O=C(c1ccnnc1)N1CCO[C@](CO)(Cc2ccc(F)cc2)C1. The van der Waals surface area contributed by atoms with Crippen LogP contribution in [0.25, 0.3) is 0 Å². The predicted molar refractivity (Wildman–Crippen MR) is 83.8 cm³/mol. The molecule has 2 heterocycles. The fourth-order valence-electron chi connectivity index (χ4n) is 2.85. The zero-order chi connectivity index (χ0) is 17.0. The molecule has 2 aromatic rings. The van der Waals surface area contributed by atoms with Gasteiger partial charge in [-0.3, -0.25) is 4.79 Å². The minimum atomic E-state index is -0.897. The number of carbonyl (C=O) groups is 1. The molecule has 0 spiro atoms. The molecule has 0 saturated carbocycles. The Kier molecular flexibility index (Phi) is 4.82. The van der Waals surface area contributed by atoms with Crippen molar-refractivity contribution in [1.29, 1.82) is 0 Å². The summed E-state index contributed by atoms with van der Waals surface area (Å²) in [4.78, 5) is 14.2. The van der Waals surface area contributed by atoms with Gasteiger partial charge in [0.2, 0.25) is 0 Å². The topological polar surface area (TPSA) is 75.6 Å². The molecule has 126 valence electrons. The van der Waals surface area contributed by atoms with E-state index in [4.69, 9.17) is 4.74 Å². The van der Waals surface area contributed by atoms with E-state index >= 15 is 0 Å². The maximum Gasteiger partial charge on any atom is 0.255 e. The number of aliphatic hydroxyl groups excluding tert-OH is 1. The number of morpholine rings is 1. The van der Waals surface area contributed by atoms with Gasteiger partial charge in [0.1, 0.15) is 11.4 Å². The minimum Gasteiger partial charge on any atom is -0.393 e. The fourth-order valence-corrected chi connectivity index (χ4v) is 2.85. The lowest BCUT2D eigenvalue weighted by atomic mass is 9.93. The van der Waals surface area contributed by atoms with Gasteiger partial charge >= 0.3 is 0 Å². The van der Waals surface area contributed by atoms with E-state index in [0.717, 1.165) is 5.56 Å². The van der Waals surface area contributed by atoms with Gasteiger partial charge in [0.15, 0.2) is 0 Å². The van der Waals surface area contributed by atoms with E-state index < -0.39 is 5.60 Å². The molecule has 0 bridgehead atoms. The van der Waals surface area contributed by atoms with Crippen LogP contribution in [0.3, 0.4) is 0 Å². The van der Waals surface area contributed by atoms with E-state index in [-0.39, 0.29) is 24.9 Å². The van der Waals surface area contributed by atoms with E-state index in [1.165, 1.54) is 24.5 Å². The number of carbonyl (C=O) groups excluding carboxylic acids is 1. The number of rotatable bonds is 4. The highest BCUT2D eigenvalue weighted by Gasteiger charge is 2.38. The zero-order valence-electron chi connectivity index (χ0n) is 13.1. The summed E-state index contributed by atoms with van der Waals surface area (Å²) in [6, 6.07) is 7.66. The number of hydrogen-bond donors (Lipinski definition) is 1. The Morgan fingerprint density at radius 1 is 1.29 bits per heavy atom. The molecule has 0 unspecified atom stereocenters. The van der Waals surface area contributed by atoms with Crippen LogP contribution in [0.2, 0.25) is 0 Å². The molecule has 1 saturated heterocycles. The Bertz CT molecular complexity index is 696. The first-order valence-corrected chi connectivity index (χ1v) is 7.67. The van der Waals surface area contributed by atoms with Crippen LogP contribution in [0.5, 0.6) is 0 Å². The largest absolute Gasteiger partial charge is 0.393 e. The Balaban J connectivity index is 1.76. The molecule has 1 aromatic heterocycles. The summed E-state index contributed by atoms with van der Waals surface area (Å²) in [6.45, 7) is 0.781. The summed E-state index contributed by atoms with van der Waals surface area (Å²) in [5.74, 6) is -0.492. The van der Waals surface area contributed by atoms with Crippen LogP contribution in [-0.4, -0.2) is 58.0 Å². The molecule has 3 rings (SSSR count). The van der Waals surface area contributed by atoms with Crippen LogP contribution in [0, 0.1) is 5.82 Å². The number of amides is 1. The van der Waals surface area contributed by atoms with Crippen molar-refractivity contribution >= 4 is 5.91 Å². The van der Waals surface area contributed by atoms with Crippen LogP contribution in [0.4, 0.5) is 4.39 Å². The standard InChI is InChI=1S/C17H18FN3O3/c18-15-3-1-13(2-4-15)9-17(12-22)11-21(7-8-24-17)16(23)14-5-6-19-20-10-14/h1-6,10,22H,7-9,11-12H2/t17-/m1/s1. The van der Waals surface area contributed by atoms with Gasteiger partial charge in [-0.05, 0) is 23.8 Å². The lowest BCUT2D eigenvalue weighted by Crippen LogP contribution is -2.56. The van der Waals surface area contributed by atoms with Gasteiger partial charge in [-0.1, -0.05) is 12.1 Å². The van der Waals surface area contributed by atoms with Crippen molar-refractivity contribution in [2.75, 3.05) is 26.3 Å². The van der Waals surface area contributed by atoms with Gasteiger partial charge in [-0.2, -0.15) is 10.2 Å².